The van der Waals surface area contributed by atoms with Crippen LogP contribution in [0.3, 0.4) is 0 Å². The molecule has 1 aromatic carbocycles. The minimum absolute atomic E-state index is 0.0806. The number of hydrogen-bond acceptors (Lipinski definition) is 3. The molecule has 0 saturated carbocycles. The fourth-order valence-corrected chi connectivity index (χ4v) is 2.37. The highest BCUT2D eigenvalue weighted by Crippen LogP contribution is 2.22. The molecule has 1 rings (SSSR count). The van der Waals surface area contributed by atoms with Crippen molar-refractivity contribution in [1.29, 1.82) is 0 Å². The molecule has 17 heavy (non-hydrogen) atoms. The Morgan fingerprint density at radius 3 is 2.65 bits per heavy atom. The van der Waals surface area contributed by atoms with Crippen molar-refractivity contribution < 1.29 is 13.2 Å². The second kappa shape index (κ2) is 6.47. The van der Waals surface area contributed by atoms with Gasteiger partial charge in [-0.3, -0.25) is 0 Å². The van der Waals surface area contributed by atoms with Crippen LogP contribution < -0.4 is 4.74 Å². The van der Waals surface area contributed by atoms with E-state index in [0.29, 0.717) is 23.8 Å². The maximum Gasteiger partial charge on any atom is 0.232 e. The van der Waals surface area contributed by atoms with Crippen LogP contribution in [0.15, 0.2) is 18.2 Å². The fourth-order valence-electron chi connectivity index (χ4n) is 1.33. The average Bonchev–Trinajstić information content (AvgIpc) is 2.25. The van der Waals surface area contributed by atoms with E-state index < -0.39 is 9.05 Å². The Hall–Kier alpha value is -0.450. The second-order valence-corrected chi connectivity index (χ2v) is 6.86. The zero-order chi connectivity index (χ0) is 12.9. The predicted molar refractivity (Wildman–Crippen MR) is 70.6 cm³/mol. The summed E-state index contributed by atoms with van der Waals surface area (Å²) >= 11 is 5.97. The molecule has 0 spiro atoms. The van der Waals surface area contributed by atoms with E-state index >= 15 is 0 Å². The third-order valence-corrected chi connectivity index (χ3v) is 3.81. The van der Waals surface area contributed by atoms with E-state index in [1.165, 1.54) is 0 Å². The number of aryl methyl sites for hydroxylation is 1. The fraction of sp³-hybridized carbons (Fsp3) is 0.455. The molecule has 0 saturated heterocycles. The maximum atomic E-state index is 10.7. The van der Waals surface area contributed by atoms with Gasteiger partial charge in [0, 0.05) is 15.7 Å². The van der Waals surface area contributed by atoms with Gasteiger partial charge in [-0.25, -0.2) is 8.42 Å². The van der Waals surface area contributed by atoms with Crippen LogP contribution in [0, 0.1) is 0 Å². The smallest absolute Gasteiger partial charge is 0.232 e. The number of halogens is 2. The van der Waals surface area contributed by atoms with E-state index in [4.69, 9.17) is 27.0 Å². The molecule has 6 heteroatoms. The van der Waals surface area contributed by atoms with Gasteiger partial charge in [0.15, 0.2) is 0 Å². The van der Waals surface area contributed by atoms with E-state index in [1.54, 1.807) is 12.1 Å². The highest BCUT2D eigenvalue weighted by atomic mass is 35.7. The van der Waals surface area contributed by atoms with Gasteiger partial charge in [0.1, 0.15) is 5.75 Å². The molecule has 0 bridgehead atoms. The summed E-state index contributed by atoms with van der Waals surface area (Å²) in [7, 11) is 1.66. The van der Waals surface area contributed by atoms with Crippen LogP contribution in [0.2, 0.25) is 5.02 Å². The Morgan fingerprint density at radius 2 is 2.06 bits per heavy atom. The summed E-state index contributed by atoms with van der Waals surface area (Å²) in [5, 5.41) is 0.711. The summed E-state index contributed by atoms with van der Waals surface area (Å²) in [6, 6.07) is 5.39. The summed E-state index contributed by atoms with van der Waals surface area (Å²) < 4.78 is 26.8. The molecule has 0 radical (unpaired) electrons. The minimum atomic E-state index is -3.43. The first-order valence-electron chi connectivity index (χ1n) is 5.26. The monoisotopic (exact) mass is 296 g/mol. The lowest BCUT2D eigenvalue weighted by Gasteiger charge is -2.08. The van der Waals surface area contributed by atoms with E-state index in [2.05, 4.69) is 0 Å². The molecular weight excluding hydrogens is 283 g/mol. The molecule has 0 fully saturated rings. The van der Waals surface area contributed by atoms with Crippen molar-refractivity contribution in [3.8, 4) is 5.75 Å². The Labute approximate surface area is 111 Å². The minimum Gasteiger partial charge on any atom is -0.494 e. The third kappa shape index (κ3) is 5.61. The number of benzene rings is 1. The van der Waals surface area contributed by atoms with Crippen molar-refractivity contribution in [1.82, 2.24) is 0 Å². The quantitative estimate of drug-likeness (QED) is 0.598. The van der Waals surface area contributed by atoms with Gasteiger partial charge in [-0.05, 0) is 36.6 Å². The van der Waals surface area contributed by atoms with Crippen molar-refractivity contribution in [3.05, 3.63) is 28.8 Å². The van der Waals surface area contributed by atoms with Gasteiger partial charge in [0.25, 0.3) is 0 Å². The Bertz CT molecular complexity index is 472. The van der Waals surface area contributed by atoms with E-state index in [1.807, 2.05) is 13.0 Å². The first-order valence-corrected chi connectivity index (χ1v) is 8.11. The molecule has 3 nitrogen and oxygen atoms in total. The van der Waals surface area contributed by atoms with Crippen molar-refractivity contribution in [2.45, 2.75) is 19.8 Å². The summed E-state index contributed by atoms with van der Waals surface area (Å²) in [5.41, 5.74) is 1.01. The molecule has 0 N–H and O–H groups in total. The Morgan fingerprint density at radius 1 is 1.35 bits per heavy atom. The van der Waals surface area contributed by atoms with Crippen molar-refractivity contribution >= 4 is 31.3 Å². The van der Waals surface area contributed by atoms with Crippen LogP contribution in [-0.2, 0) is 15.5 Å². The van der Waals surface area contributed by atoms with Crippen LogP contribution >= 0.6 is 22.3 Å². The van der Waals surface area contributed by atoms with Gasteiger partial charge in [0.2, 0.25) is 9.05 Å². The largest absolute Gasteiger partial charge is 0.494 e. The van der Waals surface area contributed by atoms with Crippen molar-refractivity contribution in [2.24, 2.45) is 0 Å². The summed E-state index contributed by atoms with van der Waals surface area (Å²) in [6.45, 7) is 2.32. The Kier molecular flexibility index (Phi) is 5.56. The molecule has 0 aliphatic rings. The zero-order valence-corrected chi connectivity index (χ0v) is 11.8. The van der Waals surface area contributed by atoms with E-state index in [0.717, 1.165) is 12.0 Å². The first kappa shape index (κ1) is 14.6. The number of rotatable bonds is 6. The van der Waals surface area contributed by atoms with Crippen LogP contribution in [0.4, 0.5) is 0 Å². The van der Waals surface area contributed by atoms with Crippen LogP contribution in [0.5, 0.6) is 5.75 Å². The molecule has 0 unspecified atom stereocenters. The lowest BCUT2D eigenvalue weighted by molar-refractivity contribution is 0.317. The highest BCUT2D eigenvalue weighted by Gasteiger charge is 2.05. The lowest BCUT2D eigenvalue weighted by atomic mass is 10.1. The normalized spacial score (nSPS) is 11.5. The second-order valence-electron chi connectivity index (χ2n) is 3.55. The predicted octanol–water partition coefficient (Wildman–Crippen LogP) is 3.24. The topological polar surface area (TPSA) is 43.4 Å². The van der Waals surface area contributed by atoms with Gasteiger partial charge >= 0.3 is 0 Å². The summed E-state index contributed by atoms with van der Waals surface area (Å²) in [6.07, 6.45) is 1.20. The van der Waals surface area contributed by atoms with Crippen LogP contribution in [-0.4, -0.2) is 20.8 Å². The molecule has 0 aliphatic carbocycles. The molecule has 0 amide bonds. The molecule has 0 aliphatic heterocycles. The van der Waals surface area contributed by atoms with Crippen molar-refractivity contribution in [3.63, 3.8) is 0 Å². The molecule has 0 aromatic heterocycles. The van der Waals surface area contributed by atoms with Gasteiger partial charge in [-0.1, -0.05) is 18.5 Å². The van der Waals surface area contributed by atoms with E-state index in [-0.39, 0.29) is 5.75 Å². The number of hydrogen-bond donors (Lipinski definition) is 0. The van der Waals surface area contributed by atoms with Gasteiger partial charge < -0.3 is 4.74 Å². The standard InChI is InChI=1S/C11H14Cl2O3S/c1-2-9-8-10(4-5-11(9)12)16-6-3-7-17(13,14)15/h4-5,8H,2-3,6-7H2,1H3. The van der Waals surface area contributed by atoms with Gasteiger partial charge in [-0.2, -0.15) is 0 Å². The van der Waals surface area contributed by atoms with Crippen LogP contribution in [0.25, 0.3) is 0 Å². The highest BCUT2D eigenvalue weighted by molar-refractivity contribution is 8.13. The Balaban J connectivity index is 2.47. The molecular formula is C11H14Cl2O3S. The first-order chi connectivity index (χ1) is 7.92. The van der Waals surface area contributed by atoms with Gasteiger partial charge in [-0.15, -0.1) is 0 Å². The molecule has 1 aromatic rings. The zero-order valence-electron chi connectivity index (χ0n) is 9.45. The van der Waals surface area contributed by atoms with Crippen LogP contribution in [0.1, 0.15) is 18.9 Å². The maximum absolute atomic E-state index is 10.7. The molecule has 96 valence electrons. The lowest BCUT2D eigenvalue weighted by Crippen LogP contribution is -2.05. The SMILES string of the molecule is CCc1cc(OCCCS(=O)(=O)Cl)ccc1Cl. The third-order valence-electron chi connectivity index (χ3n) is 2.20. The number of ether oxygens (including phenoxy) is 1. The van der Waals surface area contributed by atoms with Crippen molar-refractivity contribution in [2.75, 3.05) is 12.4 Å². The van der Waals surface area contributed by atoms with E-state index in [9.17, 15) is 8.42 Å². The molecule has 0 atom stereocenters. The molecule has 0 heterocycles. The summed E-state index contributed by atoms with van der Waals surface area (Å²) in [5.74, 6) is 0.612. The average molecular weight is 297 g/mol. The summed E-state index contributed by atoms with van der Waals surface area (Å²) in [4.78, 5) is 0. The van der Waals surface area contributed by atoms with Gasteiger partial charge in [0.05, 0.1) is 12.4 Å².